The van der Waals surface area contributed by atoms with E-state index in [0.29, 0.717) is 11.3 Å². The molecule has 156 valence electrons. The molecule has 0 saturated heterocycles. The Hall–Kier alpha value is -4.04. The predicted molar refractivity (Wildman–Crippen MR) is 114 cm³/mol. The molecular weight excluding hydrogens is 424 g/mol. The van der Waals surface area contributed by atoms with Crippen LogP contribution in [-0.4, -0.2) is 29.2 Å². The normalized spacial score (nSPS) is 10.2. The van der Waals surface area contributed by atoms with Crippen molar-refractivity contribution in [1.29, 1.82) is 0 Å². The van der Waals surface area contributed by atoms with E-state index in [1.54, 1.807) is 30.3 Å². The number of anilines is 1. The van der Waals surface area contributed by atoms with Crippen LogP contribution in [0.5, 0.6) is 0 Å². The number of nitro benzene ring substituents is 1. The molecule has 3 aromatic carbocycles. The summed E-state index contributed by atoms with van der Waals surface area (Å²) in [5.41, 5.74) is 0.400. The Kier molecular flexibility index (Phi) is 6.74. The van der Waals surface area contributed by atoms with Crippen LogP contribution in [0.15, 0.2) is 72.8 Å². The maximum Gasteiger partial charge on any atom is 0.345 e. The van der Waals surface area contributed by atoms with Crippen molar-refractivity contribution in [3.05, 3.63) is 105 Å². The number of nitro groups is 1. The Morgan fingerprint density at radius 2 is 1.61 bits per heavy atom. The maximum absolute atomic E-state index is 12.3. The van der Waals surface area contributed by atoms with Crippen LogP contribution < -0.4 is 5.32 Å². The number of carbonyl (C=O) groups is 3. The quantitative estimate of drug-likeness (QED) is 0.250. The first kappa shape index (κ1) is 21.7. The molecule has 0 atom stereocenters. The van der Waals surface area contributed by atoms with Crippen LogP contribution in [0.4, 0.5) is 11.4 Å². The van der Waals surface area contributed by atoms with Gasteiger partial charge in [0.2, 0.25) is 0 Å². The summed E-state index contributed by atoms with van der Waals surface area (Å²) in [6, 6.07) is 18.1. The lowest BCUT2D eigenvalue weighted by Crippen LogP contribution is -2.16. The average Bonchev–Trinajstić information content (AvgIpc) is 2.78. The number of ether oxygens (including phenoxy) is 1. The van der Waals surface area contributed by atoms with Crippen LogP contribution in [0.2, 0.25) is 5.02 Å². The summed E-state index contributed by atoms with van der Waals surface area (Å²) >= 11 is 5.79. The summed E-state index contributed by atoms with van der Waals surface area (Å²) in [5.74, 6) is -1.84. The number of hydrogen-bond donors (Lipinski definition) is 1. The molecule has 0 radical (unpaired) electrons. The fraction of sp³-hybridized carbons (Fsp3) is 0.0455. The van der Waals surface area contributed by atoms with Gasteiger partial charge in [0, 0.05) is 27.9 Å². The number of nitrogens with one attached hydrogen (secondary N) is 1. The molecule has 0 saturated carbocycles. The highest BCUT2D eigenvalue weighted by Crippen LogP contribution is 2.23. The number of ketones is 1. The monoisotopic (exact) mass is 438 g/mol. The lowest BCUT2D eigenvalue weighted by Gasteiger charge is -2.07. The molecule has 31 heavy (non-hydrogen) atoms. The van der Waals surface area contributed by atoms with Crippen LogP contribution in [-0.2, 0) is 4.74 Å². The van der Waals surface area contributed by atoms with Gasteiger partial charge in [-0.15, -0.1) is 0 Å². The number of Topliss-reactive ketones (excluding diaryl/α,β-unsaturated/α-hetero) is 1. The van der Waals surface area contributed by atoms with Gasteiger partial charge in [-0.3, -0.25) is 19.7 Å². The minimum atomic E-state index is -1.03. The predicted octanol–water partition coefficient (Wildman–Crippen LogP) is 4.54. The molecule has 1 N–H and O–H groups in total. The molecule has 0 unspecified atom stereocenters. The van der Waals surface area contributed by atoms with Gasteiger partial charge >= 0.3 is 5.97 Å². The highest BCUT2D eigenvalue weighted by molar-refractivity contribution is 6.31. The van der Waals surface area contributed by atoms with E-state index in [-0.39, 0.29) is 22.1 Å². The molecule has 0 aliphatic carbocycles. The number of carbonyl (C=O) groups excluding carboxylic acids is 3. The lowest BCUT2D eigenvalue weighted by molar-refractivity contribution is -0.385. The van der Waals surface area contributed by atoms with Crippen LogP contribution in [0.1, 0.15) is 31.1 Å². The topological polar surface area (TPSA) is 116 Å². The number of rotatable bonds is 7. The van der Waals surface area contributed by atoms with Crippen molar-refractivity contribution in [2.45, 2.75) is 0 Å². The van der Waals surface area contributed by atoms with Gasteiger partial charge in [0.1, 0.15) is 5.56 Å². The number of amides is 1. The maximum atomic E-state index is 12.3. The molecule has 0 bridgehead atoms. The average molecular weight is 439 g/mol. The molecule has 0 aliphatic heterocycles. The number of halogens is 1. The van der Waals surface area contributed by atoms with E-state index < -0.39 is 29.0 Å². The Labute approximate surface area is 181 Å². The molecule has 8 nitrogen and oxygen atoms in total. The van der Waals surface area contributed by atoms with E-state index in [2.05, 4.69) is 5.32 Å². The van der Waals surface area contributed by atoms with Gasteiger partial charge < -0.3 is 10.1 Å². The smallest absolute Gasteiger partial charge is 0.345 e. The van der Waals surface area contributed by atoms with Gasteiger partial charge in [0.25, 0.3) is 11.6 Å². The zero-order valence-corrected chi connectivity index (χ0v) is 16.7. The van der Waals surface area contributed by atoms with Crippen LogP contribution in [0.3, 0.4) is 0 Å². The number of benzene rings is 3. The highest BCUT2D eigenvalue weighted by atomic mass is 35.5. The summed E-state index contributed by atoms with van der Waals surface area (Å²) in [5, 5.41) is 13.9. The van der Waals surface area contributed by atoms with Crippen LogP contribution in [0.25, 0.3) is 0 Å². The van der Waals surface area contributed by atoms with Gasteiger partial charge in [0.05, 0.1) is 4.92 Å². The zero-order valence-electron chi connectivity index (χ0n) is 15.9. The lowest BCUT2D eigenvalue weighted by atomic mass is 10.1. The molecule has 3 aromatic rings. The molecule has 0 spiro atoms. The molecule has 0 aliphatic rings. The van der Waals surface area contributed by atoms with E-state index in [1.807, 2.05) is 0 Å². The molecule has 9 heteroatoms. The van der Waals surface area contributed by atoms with Gasteiger partial charge in [-0.2, -0.15) is 0 Å². The van der Waals surface area contributed by atoms with Crippen molar-refractivity contribution in [2.24, 2.45) is 0 Å². The van der Waals surface area contributed by atoms with Crippen molar-refractivity contribution in [2.75, 3.05) is 11.9 Å². The van der Waals surface area contributed by atoms with Crippen LogP contribution in [0, 0.1) is 10.1 Å². The Morgan fingerprint density at radius 1 is 0.935 bits per heavy atom. The van der Waals surface area contributed by atoms with Gasteiger partial charge in [-0.1, -0.05) is 29.8 Å². The number of esters is 1. The van der Waals surface area contributed by atoms with Gasteiger partial charge in [0.15, 0.2) is 12.4 Å². The molecular formula is C22H15ClN2O6. The standard InChI is InChI=1S/C22H15ClN2O6/c23-16-8-11-19(25(29)30)18(12-16)22(28)31-13-20(26)14-6-9-17(10-7-14)24-21(27)15-4-2-1-3-5-15/h1-12H,13H2,(H,24,27). The van der Waals surface area contributed by atoms with E-state index >= 15 is 0 Å². The highest BCUT2D eigenvalue weighted by Gasteiger charge is 2.22. The van der Waals surface area contributed by atoms with Gasteiger partial charge in [-0.25, -0.2) is 4.79 Å². The largest absolute Gasteiger partial charge is 0.454 e. The van der Waals surface area contributed by atoms with E-state index in [9.17, 15) is 24.5 Å². The van der Waals surface area contributed by atoms with Gasteiger partial charge in [-0.05, 0) is 48.5 Å². The van der Waals surface area contributed by atoms with Crippen LogP contribution >= 0.6 is 11.6 Å². The SMILES string of the molecule is O=C(COC(=O)c1cc(Cl)ccc1[N+](=O)[O-])c1ccc(NC(=O)c2ccccc2)cc1. The van der Waals surface area contributed by atoms with Crippen molar-refractivity contribution in [3.63, 3.8) is 0 Å². The Bertz CT molecular complexity index is 1150. The minimum Gasteiger partial charge on any atom is -0.454 e. The first-order valence-corrected chi connectivity index (χ1v) is 9.33. The molecule has 0 fully saturated rings. The molecule has 0 aromatic heterocycles. The summed E-state index contributed by atoms with van der Waals surface area (Å²) in [6.07, 6.45) is 0. The first-order valence-electron chi connectivity index (χ1n) is 8.96. The third-order valence-corrected chi connectivity index (χ3v) is 4.45. The molecule has 0 heterocycles. The zero-order chi connectivity index (χ0) is 22.4. The van der Waals surface area contributed by atoms with Crippen molar-refractivity contribution in [3.8, 4) is 0 Å². The second-order valence-corrected chi connectivity index (χ2v) is 6.75. The molecule has 1 amide bonds. The van der Waals surface area contributed by atoms with Crippen molar-refractivity contribution in [1.82, 2.24) is 0 Å². The fourth-order valence-electron chi connectivity index (χ4n) is 2.66. The van der Waals surface area contributed by atoms with E-state index in [1.165, 1.54) is 30.3 Å². The second-order valence-electron chi connectivity index (χ2n) is 6.32. The second kappa shape index (κ2) is 9.64. The van der Waals surface area contributed by atoms with E-state index in [0.717, 1.165) is 12.1 Å². The first-order chi connectivity index (χ1) is 14.8. The van der Waals surface area contributed by atoms with Crippen molar-refractivity contribution < 1.29 is 24.0 Å². The summed E-state index contributed by atoms with van der Waals surface area (Å²) in [6.45, 7) is -0.613. The number of nitrogens with zero attached hydrogens (tertiary/aromatic N) is 1. The van der Waals surface area contributed by atoms with E-state index in [4.69, 9.17) is 16.3 Å². The Balaban J connectivity index is 1.61. The summed E-state index contributed by atoms with van der Waals surface area (Å²) in [7, 11) is 0. The molecule has 3 rings (SSSR count). The Morgan fingerprint density at radius 3 is 2.26 bits per heavy atom. The summed E-state index contributed by atoms with van der Waals surface area (Å²) < 4.78 is 4.92. The third kappa shape index (κ3) is 5.52. The fourth-order valence-corrected chi connectivity index (χ4v) is 2.83. The minimum absolute atomic E-state index is 0.122. The summed E-state index contributed by atoms with van der Waals surface area (Å²) in [4.78, 5) is 46.9. The number of hydrogen-bond acceptors (Lipinski definition) is 6. The third-order valence-electron chi connectivity index (χ3n) is 4.21. The van der Waals surface area contributed by atoms with Crippen molar-refractivity contribution >= 4 is 40.6 Å².